The predicted molar refractivity (Wildman–Crippen MR) is 118 cm³/mol. The lowest BCUT2D eigenvalue weighted by Crippen LogP contribution is -2.54. The Morgan fingerprint density at radius 3 is 2.37 bits per heavy atom. The summed E-state index contributed by atoms with van der Waals surface area (Å²) < 4.78 is 11.4. The molecule has 158 valence electrons. The van der Waals surface area contributed by atoms with Crippen LogP contribution in [0.5, 0.6) is 0 Å². The number of carbonyl (C=O) groups excluding carboxylic acids is 2. The Labute approximate surface area is 182 Å². The molecule has 1 fully saturated rings. The summed E-state index contributed by atoms with van der Waals surface area (Å²) in [6.07, 6.45) is 4.16. The Morgan fingerprint density at radius 2 is 1.77 bits per heavy atom. The van der Waals surface area contributed by atoms with Crippen LogP contribution in [0.1, 0.15) is 38.3 Å². The zero-order valence-electron chi connectivity index (χ0n) is 17.5. The Balaban J connectivity index is 1.98. The van der Waals surface area contributed by atoms with E-state index in [0.717, 1.165) is 11.1 Å². The van der Waals surface area contributed by atoms with Gasteiger partial charge in [0.15, 0.2) is 0 Å². The molecular formula is C25H27ClO4. The van der Waals surface area contributed by atoms with E-state index in [-0.39, 0.29) is 6.42 Å². The number of carbonyl (C=O) groups is 2. The van der Waals surface area contributed by atoms with Crippen molar-refractivity contribution in [3.63, 3.8) is 0 Å². The van der Waals surface area contributed by atoms with E-state index in [2.05, 4.69) is 0 Å². The van der Waals surface area contributed by atoms with Crippen LogP contribution < -0.4 is 0 Å². The van der Waals surface area contributed by atoms with Crippen molar-refractivity contribution in [3.05, 3.63) is 77.9 Å². The summed E-state index contributed by atoms with van der Waals surface area (Å²) >= 11 is 6.83. The third kappa shape index (κ3) is 5.11. The van der Waals surface area contributed by atoms with Crippen molar-refractivity contribution in [2.24, 2.45) is 5.92 Å². The van der Waals surface area contributed by atoms with E-state index in [1.165, 1.54) is 0 Å². The molecule has 0 bridgehead atoms. The highest BCUT2D eigenvalue weighted by atomic mass is 35.5. The van der Waals surface area contributed by atoms with Gasteiger partial charge in [0.2, 0.25) is 5.60 Å². The van der Waals surface area contributed by atoms with E-state index in [0.29, 0.717) is 6.42 Å². The molecule has 3 atom stereocenters. The Hall–Kier alpha value is -2.59. The fourth-order valence-electron chi connectivity index (χ4n) is 3.59. The summed E-state index contributed by atoms with van der Waals surface area (Å²) in [6, 6.07) is 19.3. The number of halogens is 1. The van der Waals surface area contributed by atoms with Crippen molar-refractivity contribution >= 4 is 29.6 Å². The standard InChI is InChI=1S/C25H27ClO4/c1-24(2,3)30-23(28)25(21(26)16-19-12-8-5-9-13-19)20(17-22(27)29-25)15-14-18-10-6-4-7-11-18/h4-15,20-21H,16-17H2,1-3H3/b15-14+/t20-,21-,25+/m1/s1. The minimum absolute atomic E-state index is 0.0700. The highest BCUT2D eigenvalue weighted by molar-refractivity contribution is 6.23. The molecule has 3 rings (SSSR count). The van der Waals surface area contributed by atoms with Gasteiger partial charge in [-0.2, -0.15) is 0 Å². The number of benzene rings is 2. The molecule has 0 radical (unpaired) electrons. The largest absolute Gasteiger partial charge is 0.457 e. The molecular weight excluding hydrogens is 400 g/mol. The van der Waals surface area contributed by atoms with Gasteiger partial charge in [-0.15, -0.1) is 11.6 Å². The maximum atomic E-state index is 13.4. The Morgan fingerprint density at radius 1 is 1.17 bits per heavy atom. The van der Waals surface area contributed by atoms with E-state index in [1.807, 2.05) is 72.8 Å². The third-order valence-corrected chi connectivity index (χ3v) is 5.46. The van der Waals surface area contributed by atoms with Gasteiger partial charge in [0, 0.05) is 5.92 Å². The van der Waals surface area contributed by atoms with Gasteiger partial charge in [0.1, 0.15) is 5.60 Å². The zero-order valence-corrected chi connectivity index (χ0v) is 18.3. The smallest absolute Gasteiger partial charge is 0.353 e. The molecule has 0 aliphatic carbocycles. The van der Waals surface area contributed by atoms with E-state index < -0.39 is 34.4 Å². The molecule has 0 aromatic heterocycles. The van der Waals surface area contributed by atoms with E-state index in [4.69, 9.17) is 21.1 Å². The molecule has 4 nitrogen and oxygen atoms in total. The van der Waals surface area contributed by atoms with Gasteiger partial charge in [0.25, 0.3) is 0 Å². The van der Waals surface area contributed by atoms with Crippen LogP contribution in [0.3, 0.4) is 0 Å². The molecule has 1 aliphatic heterocycles. The quantitative estimate of drug-likeness (QED) is 0.471. The summed E-state index contributed by atoms with van der Waals surface area (Å²) in [7, 11) is 0. The Kier molecular flexibility index (Phi) is 6.67. The number of ether oxygens (including phenoxy) is 2. The fourth-order valence-corrected chi connectivity index (χ4v) is 4.06. The highest BCUT2D eigenvalue weighted by Crippen LogP contribution is 2.42. The molecule has 0 saturated carbocycles. The summed E-state index contributed by atoms with van der Waals surface area (Å²) in [6.45, 7) is 5.35. The zero-order chi connectivity index (χ0) is 21.8. The van der Waals surface area contributed by atoms with E-state index in [9.17, 15) is 9.59 Å². The van der Waals surface area contributed by atoms with Crippen LogP contribution in [0.4, 0.5) is 0 Å². The molecule has 5 heteroatoms. The number of hydrogen-bond acceptors (Lipinski definition) is 4. The van der Waals surface area contributed by atoms with Gasteiger partial charge >= 0.3 is 11.9 Å². The van der Waals surface area contributed by atoms with Gasteiger partial charge in [-0.3, -0.25) is 4.79 Å². The summed E-state index contributed by atoms with van der Waals surface area (Å²) in [5.74, 6) is -1.60. The summed E-state index contributed by atoms with van der Waals surface area (Å²) in [4.78, 5) is 25.7. The molecule has 0 N–H and O–H groups in total. The van der Waals surface area contributed by atoms with Crippen LogP contribution in [0.2, 0.25) is 0 Å². The van der Waals surface area contributed by atoms with Crippen molar-refractivity contribution in [1.82, 2.24) is 0 Å². The Bertz CT molecular complexity index is 902. The number of rotatable bonds is 6. The van der Waals surface area contributed by atoms with Crippen LogP contribution in [0.15, 0.2) is 66.7 Å². The van der Waals surface area contributed by atoms with Crippen molar-refractivity contribution in [2.75, 3.05) is 0 Å². The van der Waals surface area contributed by atoms with Crippen molar-refractivity contribution in [2.45, 2.75) is 50.2 Å². The van der Waals surface area contributed by atoms with Gasteiger partial charge in [0.05, 0.1) is 11.8 Å². The second-order valence-electron chi connectivity index (χ2n) is 8.51. The van der Waals surface area contributed by atoms with Gasteiger partial charge in [-0.25, -0.2) is 4.79 Å². The molecule has 0 unspecified atom stereocenters. The van der Waals surface area contributed by atoms with Crippen LogP contribution in [-0.4, -0.2) is 28.5 Å². The third-order valence-electron chi connectivity index (χ3n) is 4.98. The first kappa shape index (κ1) is 22.1. The predicted octanol–water partition coefficient (Wildman–Crippen LogP) is 5.19. The topological polar surface area (TPSA) is 52.6 Å². The van der Waals surface area contributed by atoms with Crippen molar-refractivity contribution in [1.29, 1.82) is 0 Å². The van der Waals surface area contributed by atoms with Crippen molar-refractivity contribution < 1.29 is 19.1 Å². The number of alkyl halides is 1. The average molecular weight is 427 g/mol. The lowest BCUT2D eigenvalue weighted by atomic mass is 9.81. The maximum Gasteiger partial charge on any atom is 0.353 e. The molecule has 30 heavy (non-hydrogen) atoms. The summed E-state index contributed by atoms with van der Waals surface area (Å²) in [5.41, 5.74) is -0.415. The molecule has 1 aliphatic rings. The lowest BCUT2D eigenvalue weighted by molar-refractivity contribution is -0.185. The van der Waals surface area contributed by atoms with Crippen LogP contribution in [0, 0.1) is 5.92 Å². The van der Waals surface area contributed by atoms with E-state index in [1.54, 1.807) is 20.8 Å². The molecule has 2 aromatic rings. The second-order valence-corrected chi connectivity index (χ2v) is 9.03. The average Bonchev–Trinajstić information content (AvgIpc) is 3.04. The maximum absolute atomic E-state index is 13.4. The van der Waals surface area contributed by atoms with Crippen molar-refractivity contribution in [3.8, 4) is 0 Å². The first-order valence-electron chi connectivity index (χ1n) is 10.1. The molecule has 0 spiro atoms. The molecule has 2 aromatic carbocycles. The molecule has 1 heterocycles. The number of esters is 2. The van der Waals surface area contributed by atoms with E-state index >= 15 is 0 Å². The van der Waals surface area contributed by atoms with Crippen LogP contribution in [0.25, 0.3) is 6.08 Å². The highest BCUT2D eigenvalue weighted by Gasteiger charge is 2.60. The summed E-state index contributed by atoms with van der Waals surface area (Å²) in [5, 5.41) is -0.786. The monoisotopic (exact) mass is 426 g/mol. The SMILES string of the molecule is CC(C)(C)OC(=O)[C@]1([C@H](Cl)Cc2ccccc2)OC(=O)C[C@H]1/C=C/c1ccccc1. The van der Waals surface area contributed by atoms with Gasteiger partial charge in [-0.1, -0.05) is 72.8 Å². The minimum atomic E-state index is -1.59. The van der Waals surface area contributed by atoms with Gasteiger partial charge in [-0.05, 0) is 38.3 Å². The molecule has 1 saturated heterocycles. The van der Waals surface area contributed by atoms with Crippen LogP contribution >= 0.6 is 11.6 Å². The molecule has 0 amide bonds. The van der Waals surface area contributed by atoms with Gasteiger partial charge < -0.3 is 9.47 Å². The normalized spacial score (nSPS) is 22.7. The minimum Gasteiger partial charge on any atom is -0.457 e. The number of hydrogen-bond donors (Lipinski definition) is 0. The first-order valence-corrected chi connectivity index (χ1v) is 10.5. The van der Waals surface area contributed by atoms with Crippen LogP contribution in [-0.2, 0) is 25.5 Å². The fraction of sp³-hybridized carbons (Fsp3) is 0.360. The number of cyclic esters (lactones) is 1. The first-order chi connectivity index (χ1) is 14.2. The lowest BCUT2D eigenvalue weighted by Gasteiger charge is -2.36. The second kappa shape index (κ2) is 9.05.